The van der Waals surface area contributed by atoms with Gasteiger partial charge in [0, 0.05) is 10.5 Å². The van der Waals surface area contributed by atoms with Gasteiger partial charge in [0.25, 0.3) is 5.91 Å². The Hall–Kier alpha value is -3.16. The first-order valence-corrected chi connectivity index (χ1v) is 12.7. The van der Waals surface area contributed by atoms with Crippen molar-refractivity contribution in [1.82, 2.24) is 4.72 Å². The van der Waals surface area contributed by atoms with E-state index in [9.17, 15) is 9.90 Å². The van der Waals surface area contributed by atoms with E-state index < -0.39 is 6.10 Å². The van der Waals surface area contributed by atoms with Gasteiger partial charge in [-0.1, -0.05) is 51.5 Å². The molecule has 1 amide bonds. The van der Waals surface area contributed by atoms with Crippen LogP contribution in [0.1, 0.15) is 61.5 Å². The number of nitrogens with one attached hydrogen (secondary N) is 1. The first-order valence-electron chi connectivity index (χ1n) is 11.8. The van der Waals surface area contributed by atoms with Crippen LogP contribution in [-0.2, 0) is 17.8 Å². The summed E-state index contributed by atoms with van der Waals surface area (Å²) in [5.74, 6) is 2.02. The van der Waals surface area contributed by atoms with Crippen LogP contribution in [0.2, 0.25) is 0 Å². The van der Waals surface area contributed by atoms with E-state index in [1.807, 2.05) is 36.4 Å². The minimum absolute atomic E-state index is 0.0463. The summed E-state index contributed by atoms with van der Waals surface area (Å²) in [5, 5.41) is 9.55. The Morgan fingerprint density at radius 2 is 1.77 bits per heavy atom. The van der Waals surface area contributed by atoms with Crippen molar-refractivity contribution < 1.29 is 24.1 Å². The minimum Gasteiger partial charge on any atom is -0.476 e. The van der Waals surface area contributed by atoms with E-state index in [0.717, 1.165) is 28.9 Å². The number of benzene rings is 3. The lowest BCUT2D eigenvalue weighted by Crippen LogP contribution is -2.28. The maximum absolute atomic E-state index is 13.4. The fourth-order valence-corrected chi connectivity index (χ4v) is 4.47. The van der Waals surface area contributed by atoms with Crippen LogP contribution in [0.4, 0.5) is 0 Å². The number of aliphatic hydroxyl groups is 1. The van der Waals surface area contributed by atoms with Crippen molar-refractivity contribution in [2.75, 3.05) is 6.79 Å². The Bertz CT molecular complexity index is 1160. The highest BCUT2D eigenvalue weighted by atomic mass is 32.2. The summed E-state index contributed by atoms with van der Waals surface area (Å²) in [6, 6.07) is 19.1. The fourth-order valence-electron chi connectivity index (χ4n) is 3.87. The van der Waals surface area contributed by atoms with Crippen LogP contribution >= 0.6 is 11.9 Å². The molecule has 1 aliphatic rings. The van der Waals surface area contributed by atoms with Crippen molar-refractivity contribution in [3.05, 3.63) is 82.9 Å². The van der Waals surface area contributed by atoms with Crippen molar-refractivity contribution in [1.29, 1.82) is 0 Å². The molecular formula is C28H31NO5S. The van der Waals surface area contributed by atoms with Crippen LogP contribution in [0, 0.1) is 0 Å². The summed E-state index contributed by atoms with van der Waals surface area (Å²) >= 11 is 1.26. The average Bonchev–Trinajstić information content (AvgIpc) is 3.35. The SMILES string of the molecule is CCCc1cc(CO)ccc1OC(C(=O)NSc1ccc(C(C)C)cc1)c1ccc2c(c1)OCO2. The number of aliphatic hydroxyl groups excluding tert-OH is 1. The van der Waals surface area contributed by atoms with Crippen LogP contribution in [0.3, 0.4) is 0 Å². The number of ether oxygens (including phenoxy) is 3. The second kappa shape index (κ2) is 11.5. The summed E-state index contributed by atoms with van der Waals surface area (Å²) in [4.78, 5) is 14.4. The summed E-state index contributed by atoms with van der Waals surface area (Å²) in [5.41, 5.74) is 3.67. The van der Waals surface area contributed by atoms with Gasteiger partial charge in [-0.2, -0.15) is 0 Å². The molecule has 1 atom stereocenters. The number of hydrogen-bond acceptors (Lipinski definition) is 6. The molecule has 0 saturated heterocycles. The van der Waals surface area contributed by atoms with Crippen LogP contribution in [0.25, 0.3) is 0 Å². The van der Waals surface area contributed by atoms with Crippen molar-refractivity contribution in [3.8, 4) is 17.2 Å². The van der Waals surface area contributed by atoms with Gasteiger partial charge < -0.3 is 19.3 Å². The molecular weight excluding hydrogens is 462 g/mol. The third-order valence-corrected chi connectivity index (χ3v) is 6.64. The van der Waals surface area contributed by atoms with Gasteiger partial charge in [-0.15, -0.1) is 0 Å². The summed E-state index contributed by atoms with van der Waals surface area (Å²) in [6.45, 7) is 6.49. The van der Waals surface area contributed by atoms with Crippen LogP contribution in [-0.4, -0.2) is 17.8 Å². The zero-order chi connectivity index (χ0) is 24.8. The fraction of sp³-hybridized carbons (Fsp3) is 0.321. The molecule has 6 nitrogen and oxygen atoms in total. The molecule has 35 heavy (non-hydrogen) atoms. The predicted molar refractivity (Wildman–Crippen MR) is 137 cm³/mol. The molecule has 7 heteroatoms. The minimum atomic E-state index is -0.900. The first kappa shape index (κ1) is 24.9. The van der Waals surface area contributed by atoms with E-state index >= 15 is 0 Å². The van der Waals surface area contributed by atoms with Crippen LogP contribution < -0.4 is 18.9 Å². The zero-order valence-corrected chi connectivity index (χ0v) is 21.1. The van der Waals surface area contributed by atoms with Crippen LogP contribution in [0.15, 0.2) is 65.6 Å². The molecule has 2 N–H and O–H groups in total. The Balaban J connectivity index is 1.58. The topological polar surface area (TPSA) is 77.0 Å². The normalized spacial score (nSPS) is 13.1. The third-order valence-electron chi connectivity index (χ3n) is 5.83. The quantitative estimate of drug-likeness (QED) is 0.341. The molecule has 3 aromatic rings. The van der Waals surface area contributed by atoms with Crippen molar-refractivity contribution in [2.45, 2.75) is 57.1 Å². The third kappa shape index (κ3) is 6.10. The number of hydrogen-bond donors (Lipinski definition) is 2. The van der Waals surface area contributed by atoms with Gasteiger partial charge in [0.1, 0.15) is 5.75 Å². The number of carbonyl (C=O) groups excluding carboxylic acids is 1. The molecule has 1 heterocycles. The molecule has 0 bridgehead atoms. The van der Waals surface area contributed by atoms with Gasteiger partial charge >= 0.3 is 0 Å². The zero-order valence-electron chi connectivity index (χ0n) is 20.2. The second-order valence-corrected chi connectivity index (χ2v) is 9.63. The highest BCUT2D eigenvalue weighted by Gasteiger charge is 2.27. The van der Waals surface area contributed by atoms with Crippen molar-refractivity contribution >= 4 is 17.9 Å². The summed E-state index contributed by atoms with van der Waals surface area (Å²) in [7, 11) is 0. The number of amides is 1. The van der Waals surface area contributed by atoms with E-state index in [1.54, 1.807) is 12.1 Å². The Labute approximate surface area is 210 Å². The molecule has 0 radical (unpaired) electrons. The van der Waals surface area contributed by atoms with Gasteiger partial charge in [0.15, 0.2) is 11.5 Å². The van der Waals surface area contributed by atoms with E-state index in [4.69, 9.17) is 14.2 Å². The Morgan fingerprint density at radius 1 is 1.03 bits per heavy atom. The molecule has 0 aromatic heterocycles. The first-order chi connectivity index (χ1) is 17.0. The predicted octanol–water partition coefficient (Wildman–Crippen LogP) is 5.93. The maximum Gasteiger partial charge on any atom is 0.275 e. The molecule has 0 fully saturated rings. The highest BCUT2D eigenvalue weighted by molar-refractivity contribution is 7.98. The lowest BCUT2D eigenvalue weighted by molar-refractivity contribution is -0.126. The second-order valence-electron chi connectivity index (χ2n) is 8.75. The van der Waals surface area contributed by atoms with Crippen molar-refractivity contribution in [3.63, 3.8) is 0 Å². The largest absolute Gasteiger partial charge is 0.476 e. The summed E-state index contributed by atoms with van der Waals surface area (Å²) < 4.78 is 20.2. The number of rotatable bonds is 10. The smallest absolute Gasteiger partial charge is 0.275 e. The van der Waals surface area contributed by atoms with Gasteiger partial charge in [-0.3, -0.25) is 9.52 Å². The number of carbonyl (C=O) groups is 1. The number of aryl methyl sites for hydroxylation is 1. The van der Waals surface area contributed by atoms with Gasteiger partial charge in [0.2, 0.25) is 12.9 Å². The monoisotopic (exact) mass is 493 g/mol. The highest BCUT2D eigenvalue weighted by Crippen LogP contribution is 2.36. The van der Waals surface area contributed by atoms with Crippen molar-refractivity contribution in [2.24, 2.45) is 0 Å². The summed E-state index contributed by atoms with van der Waals surface area (Å²) in [6.07, 6.45) is 0.784. The number of fused-ring (bicyclic) bond motifs is 1. The Morgan fingerprint density at radius 3 is 2.49 bits per heavy atom. The van der Waals surface area contributed by atoms with Gasteiger partial charge in [-0.25, -0.2) is 0 Å². The van der Waals surface area contributed by atoms with Gasteiger partial charge in [0.05, 0.1) is 6.61 Å². The molecule has 184 valence electrons. The van der Waals surface area contributed by atoms with E-state index in [2.05, 4.69) is 37.6 Å². The van der Waals surface area contributed by atoms with E-state index in [-0.39, 0.29) is 19.3 Å². The molecule has 0 aliphatic carbocycles. The maximum atomic E-state index is 13.4. The average molecular weight is 494 g/mol. The standard InChI is InChI=1S/C28H31NO5S/c1-4-5-21-14-19(16-30)6-12-24(21)34-27(22-9-13-25-26(15-22)33-17-32-25)28(31)29-35-23-10-7-20(8-11-23)18(2)3/h6-15,18,27,30H,4-5,16-17H2,1-3H3,(H,29,31). The Kier molecular flexibility index (Phi) is 8.21. The molecule has 0 saturated carbocycles. The van der Waals surface area contributed by atoms with Crippen LogP contribution in [0.5, 0.6) is 17.2 Å². The molecule has 3 aromatic carbocycles. The van der Waals surface area contributed by atoms with E-state index in [0.29, 0.717) is 28.7 Å². The van der Waals surface area contributed by atoms with E-state index in [1.165, 1.54) is 17.5 Å². The lowest BCUT2D eigenvalue weighted by Gasteiger charge is -2.21. The van der Waals surface area contributed by atoms with Gasteiger partial charge in [-0.05, 0) is 77.4 Å². The molecule has 0 spiro atoms. The molecule has 4 rings (SSSR count). The lowest BCUT2D eigenvalue weighted by atomic mass is 10.0. The molecule has 1 unspecified atom stereocenters. The molecule has 1 aliphatic heterocycles.